The molecule has 0 bridgehead atoms. The second-order valence-corrected chi connectivity index (χ2v) is 4.51. The molecular weight excluding hydrogens is 345 g/mol. The molecule has 2 N–H and O–H groups in total. The van der Waals surface area contributed by atoms with E-state index < -0.39 is 0 Å². The van der Waals surface area contributed by atoms with Crippen molar-refractivity contribution in [1.82, 2.24) is 10.6 Å². The van der Waals surface area contributed by atoms with E-state index in [-0.39, 0.29) is 24.0 Å². The standard InChI is InChI=1S/C12H25N3O2.HI/c1-10(2)15-12(13-3)14-6-8-16-9-11-5-4-7-17-11;/h10-11H,4-9H2,1-3H3,(H2,13,14,15);1H. The summed E-state index contributed by atoms with van der Waals surface area (Å²) in [6.07, 6.45) is 2.60. The number of nitrogens with one attached hydrogen (secondary N) is 2. The minimum Gasteiger partial charge on any atom is -0.377 e. The molecule has 0 spiro atoms. The van der Waals surface area contributed by atoms with Gasteiger partial charge in [-0.15, -0.1) is 24.0 Å². The van der Waals surface area contributed by atoms with E-state index in [1.165, 1.54) is 0 Å². The quantitative estimate of drug-likeness (QED) is 0.321. The Kier molecular flexibility index (Phi) is 10.8. The van der Waals surface area contributed by atoms with Gasteiger partial charge in [-0.2, -0.15) is 0 Å². The Morgan fingerprint density at radius 2 is 2.28 bits per heavy atom. The fraction of sp³-hybridized carbons (Fsp3) is 0.917. The van der Waals surface area contributed by atoms with Gasteiger partial charge in [-0.25, -0.2) is 0 Å². The second kappa shape index (κ2) is 10.8. The lowest BCUT2D eigenvalue weighted by Crippen LogP contribution is -2.42. The molecule has 1 unspecified atom stereocenters. The first-order valence-electron chi connectivity index (χ1n) is 6.39. The Morgan fingerprint density at radius 3 is 2.83 bits per heavy atom. The van der Waals surface area contributed by atoms with Crippen molar-refractivity contribution in [3.05, 3.63) is 0 Å². The third-order valence-electron chi connectivity index (χ3n) is 2.52. The highest BCUT2D eigenvalue weighted by molar-refractivity contribution is 14.0. The van der Waals surface area contributed by atoms with Crippen molar-refractivity contribution in [1.29, 1.82) is 0 Å². The van der Waals surface area contributed by atoms with Gasteiger partial charge in [-0.3, -0.25) is 4.99 Å². The molecule has 5 nitrogen and oxygen atoms in total. The summed E-state index contributed by atoms with van der Waals surface area (Å²) in [5.41, 5.74) is 0. The molecule has 0 aromatic heterocycles. The van der Waals surface area contributed by atoms with Crippen LogP contribution in [0.4, 0.5) is 0 Å². The van der Waals surface area contributed by atoms with Crippen LogP contribution in [0, 0.1) is 0 Å². The number of ether oxygens (including phenoxy) is 2. The molecule has 0 aromatic carbocycles. The first-order valence-corrected chi connectivity index (χ1v) is 6.39. The molecule has 6 heteroatoms. The average molecular weight is 371 g/mol. The van der Waals surface area contributed by atoms with Crippen LogP contribution in [0.5, 0.6) is 0 Å². The highest BCUT2D eigenvalue weighted by Gasteiger charge is 2.14. The zero-order valence-electron chi connectivity index (χ0n) is 11.6. The van der Waals surface area contributed by atoms with Crippen molar-refractivity contribution < 1.29 is 9.47 Å². The van der Waals surface area contributed by atoms with Gasteiger partial charge in [0.2, 0.25) is 0 Å². The van der Waals surface area contributed by atoms with Gasteiger partial charge in [-0.1, -0.05) is 0 Å². The molecular formula is C12H26IN3O2. The number of hydrogen-bond donors (Lipinski definition) is 2. The summed E-state index contributed by atoms with van der Waals surface area (Å²) in [6.45, 7) is 7.20. The molecule has 1 atom stereocenters. The highest BCUT2D eigenvalue weighted by atomic mass is 127. The van der Waals surface area contributed by atoms with Crippen molar-refractivity contribution in [2.24, 2.45) is 4.99 Å². The maximum absolute atomic E-state index is 5.55. The van der Waals surface area contributed by atoms with E-state index >= 15 is 0 Å². The van der Waals surface area contributed by atoms with Gasteiger partial charge in [0.1, 0.15) is 0 Å². The van der Waals surface area contributed by atoms with E-state index in [1.807, 2.05) is 0 Å². The predicted molar refractivity (Wildman–Crippen MR) is 84.8 cm³/mol. The third-order valence-corrected chi connectivity index (χ3v) is 2.52. The summed E-state index contributed by atoms with van der Waals surface area (Å²) in [5, 5.41) is 6.42. The van der Waals surface area contributed by atoms with E-state index in [1.54, 1.807) is 7.05 Å². The Hall–Kier alpha value is -0.0800. The fourth-order valence-corrected chi connectivity index (χ4v) is 1.70. The molecule has 1 fully saturated rings. The van der Waals surface area contributed by atoms with Gasteiger partial charge < -0.3 is 20.1 Å². The summed E-state index contributed by atoms with van der Waals surface area (Å²) in [5.74, 6) is 0.820. The topological polar surface area (TPSA) is 54.9 Å². The molecule has 18 heavy (non-hydrogen) atoms. The van der Waals surface area contributed by atoms with Crippen molar-refractivity contribution in [2.45, 2.75) is 38.8 Å². The maximum atomic E-state index is 5.55. The summed E-state index contributed by atoms with van der Waals surface area (Å²) in [7, 11) is 1.77. The van der Waals surface area contributed by atoms with Crippen LogP contribution in [-0.2, 0) is 9.47 Å². The van der Waals surface area contributed by atoms with Crippen LogP contribution < -0.4 is 10.6 Å². The van der Waals surface area contributed by atoms with E-state index in [4.69, 9.17) is 9.47 Å². The number of hydrogen-bond acceptors (Lipinski definition) is 3. The van der Waals surface area contributed by atoms with Gasteiger partial charge in [-0.05, 0) is 26.7 Å². The molecule has 108 valence electrons. The van der Waals surface area contributed by atoms with Crippen molar-refractivity contribution in [2.75, 3.05) is 33.4 Å². The normalized spacial score (nSPS) is 19.8. The SMILES string of the molecule is CN=C(NCCOCC1CCCO1)NC(C)C.I. The average Bonchev–Trinajstić information content (AvgIpc) is 2.79. The smallest absolute Gasteiger partial charge is 0.191 e. The van der Waals surface area contributed by atoms with Crippen molar-refractivity contribution in [3.8, 4) is 0 Å². The lowest BCUT2D eigenvalue weighted by atomic mass is 10.2. The minimum absolute atomic E-state index is 0. The number of halogens is 1. The molecule has 1 aliphatic heterocycles. The number of aliphatic imine (C=N–C) groups is 1. The number of nitrogens with zero attached hydrogens (tertiary/aromatic N) is 1. The zero-order chi connectivity index (χ0) is 12.5. The molecule has 1 heterocycles. The molecule has 0 amide bonds. The Balaban J connectivity index is 0.00000289. The molecule has 1 rings (SSSR count). The summed E-state index contributed by atoms with van der Waals surface area (Å²) in [6, 6.07) is 0.383. The zero-order valence-corrected chi connectivity index (χ0v) is 13.9. The van der Waals surface area contributed by atoms with Gasteiger partial charge in [0.15, 0.2) is 5.96 Å². The minimum atomic E-state index is 0. The largest absolute Gasteiger partial charge is 0.377 e. The highest BCUT2D eigenvalue weighted by Crippen LogP contribution is 2.11. The van der Waals surface area contributed by atoms with Crippen LogP contribution in [0.25, 0.3) is 0 Å². The number of rotatable bonds is 6. The van der Waals surface area contributed by atoms with Gasteiger partial charge in [0, 0.05) is 26.2 Å². The fourth-order valence-electron chi connectivity index (χ4n) is 1.70. The van der Waals surface area contributed by atoms with Crippen LogP contribution in [0.1, 0.15) is 26.7 Å². The molecule has 0 aromatic rings. The molecule has 1 aliphatic rings. The molecule has 0 aliphatic carbocycles. The Morgan fingerprint density at radius 1 is 1.50 bits per heavy atom. The third kappa shape index (κ3) is 8.10. The Labute approximate surface area is 127 Å². The first kappa shape index (κ1) is 17.9. The maximum Gasteiger partial charge on any atom is 0.191 e. The van der Waals surface area contributed by atoms with Gasteiger partial charge in [0.25, 0.3) is 0 Å². The lowest BCUT2D eigenvalue weighted by molar-refractivity contribution is 0.0191. The summed E-state index contributed by atoms with van der Waals surface area (Å²) >= 11 is 0. The van der Waals surface area contributed by atoms with E-state index in [9.17, 15) is 0 Å². The van der Waals surface area contributed by atoms with E-state index in [0.717, 1.165) is 32.0 Å². The van der Waals surface area contributed by atoms with E-state index in [2.05, 4.69) is 29.5 Å². The number of guanidine groups is 1. The van der Waals surface area contributed by atoms with Crippen LogP contribution in [0.3, 0.4) is 0 Å². The van der Waals surface area contributed by atoms with Gasteiger partial charge >= 0.3 is 0 Å². The van der Waals surface area contributed by atoms with Crippen LogP contribution >= 0.6 is 24.0 Å². The predicted octanol–water partition coefficient (Wildman–Crippen LogP) is 1.37. The molecule has 0 radical (unpaired) electrons. The molecule has 1 saturated heterocycles. The van der Waals surface area contributed by atoms with Crippen LogP contribution in [-0.4, -0.2) is 51.5 Å². The van der Waals surface area contributed by atoms with E-state index in [0.29, 0.717) is 25.4 Å². The van der Waals surface area contributed by atoms with Crippen molar-refractivity contribution in [3.63, 3.8) is 0 Å². The monoisotopic (exact) mass is 371 g/mol. The first-order chi connectivity index (χ1) is 8.22. The van der Waals surface area contributed by atoms with Crippen molar-refractivity contribution >= 4 is 29.9 Å². The summed E-state index contributed by atoms with van der Waals surface area (Å²) < 4.78 is 11.0. The second-order valence-electron chi connectivity index (χ2n) is 4.51. The summed E-state index contributed by atoms with van der Waals surface area (Å²) in [4.78, 5) is 4.12. The Bertz CT molecular complexity index is 231. The molecule has 0 saturated carbocycles. The van der Waals surface area contributed by atoms with Crippen LogP contribution in [0.15, 0.2) is 4.99 Å². The van der Waals surface area contributed by atoms with Gasteiger partial charge in [0.05, 0.1) is 19.3 Å². The lowest BCUT2D eigenvalue weighted by Gasteiger charge is -2.15. The van der Waals surface area contributed by atoms with Crippen LogP contribution in [0.2, 0.25) is 0 Å².